The van der Waals surface area contributed by atoms with Gasteiger partial charge in [0.1, 0.15) is 0 Å². The van der Waals surface area contributed by atoms with Crippen molar-refractivity contribution in [3.05, 3.63) is 0 Å². The number of hydrogen-bond donors (Lipinski definition) is 0. The van der Waals surface area contributed by atoms with E-state index < -0.39 is 0 Å². The van der Waals surface area contributed by atoms with Crippen molar-refractivity contribution in [3.63, 3.8) is 0 Å². The zero-order valence-electron chi connectivity index (χ0n) is 7.58. The molecule has 0 fully saturated rings. The van der Waals surface area contributed by atoms with E-state index in [-0.39, 0.29) is 0 Å². The van der Waals surface area contributed by atoms with Crippen LogP contribution < -0.4 is 0 Å². The first-order valence-corrected chi connectivity index (χ1v) is 5.17. The molecule has 0 saturated heterocycles. The second-order valence-electron chi connectivity index (χ2n) is 4.19. The fourth-order valence-electron chi connectivity index (χ4n) is 1.17. The van der Waals surface area contributed by atoms with E-state index in [2.05, 4.69) is 43.6 Å². The molecule has 0 aliphatic carbocycles. The zero-order valence-corrected chi connectivity index (χ0v) is 9.16. The van der Waals surface area contributed by atoms with Crippen LogP contribution in [-0.2, 0) is 0 Å². The Bertz CT molecular complexity index is 77.2. The number of hydrogen-bond acceptors (Lipinski definition) is 0. The highest BCUT2D eigenvalue weighted by Crippen LogP contribution is 2.26. The van der Waals surface area contributed by atoms with Crippen LogP contribution >= 0.6 is 15.9 Å². The molecular formula is C9H19Br. The van der Waals surface area contributed by atoms with Crippen LogP contribution in [0.25, 0.3) is 0 Å². The monoisotopic (exact) mass is 206 g/mol. The lowest BCUT2D eigenvalue weighted by Gasteiger charge is -2.23. The van der Waals surface area contributed by atoms with Gasteiger partial charge in [0.05, 0.1) is 0 Å². The molecule has 0 aromatic rings. The first kappa shape index (κ1) is 10.5. The second kappa shape index (κ2) is 4.38. The third-order valence-electron chi connectivity index (χ3n) is 1.70. The van der Waals surface area contributed by atoms with Crippen molar-refractivity contribution in [2.24, 2.45) is 11.3 Å². The van der Waals surface area contributed by atoms with Gasteiger partial charge >= 0.3 is 0 Å². The minimum atomic E-state index is 0.494. The molecule has 0 aromatic carbocycles. The molecule has 0 saturated carbocycles. The minimum Gasteiger partial charge on any atom is -0.0925 e. The predicted octanol–water partition coefficient (Wildman–Crippen LogP) is 3.84. The van der Waals surface area contributed by atoms with Crippen LogP contribution in [0.15, 0.2) is 0 Å². The molecule has 0 spiro atoms. The molecular weight excluding hydrogens is 188 g/mol. The molecule has 0 heterocycles. The molecule has 0 aliphatic heterocycles. The first-order chi connectivity index (χ1) is 4.49. The fourth-order valence-corrected chi connectivity index (χ4v) is 1.86. The Balaban J connectivity index is 3.63. The van der Waals surface area contributed by atoms with Crippen LogP contribution in [0.2, 0.25) is 0 Å². The summed E-state index contributed by atoms with van der Waals surface area (Å²) in [5, 5.41) is 1.15. The average molecular weight is 207 g/mol. The van der Waals surface area contributed by atoms with Gasteiger partial charge in [-0.3, -0.25) is 0 Å². The Hall–Kier alpha value is 0.480. The van der Waals surface area contributed by atoms with Gasteiger partial charge in [-0.05, 0) is 17.8 Å². The lowest BCUT2D eigenvalue weighted by atomic mass is 9.84. The molecule has 0 radical (unpaired) electrons. The minimum absolute atomic E-state index is 0.494. The van der Waals surface area contributed by atoms with E-state index in [9.17, 15) is 0 Å². The fraction of sp³-hybridized carbons (Fsp3) is 1.00. The first-order valence-electron chi connectivity index (χ1n) is 4.05. The van der Waals surface area contributed by atoms with Gasteiger partial charge < -0.3 is 0 Å². The van der Waals surface area contributed by atoms with E-state index in [1.54, 1.807) is 0 Å². The summed E-state index contributed by atoms with van der Waals surface area (Å²) in [6, 6.07) is 0. The topological polar surface area (TPSA) is 0 Å². The Morgan fingerprint density at radius 2 is 1.80 bits per heavy atom. The summed E-state index contributed by atoms with van der Waals surface area (Å²) < 4.78 is 0. The van der Waals surface area contributed by atoms with Crippen LogP contribution in [0.1, 0.15) is 40.5 Å². The number of rotatable bonds is 3. The number of alkyl halides is 1. The van der Waals surface area contributed by atoms with Gasteiger partial charge in [-0.15, -0.1) is 0 Å². The third-order valence-corrected chi connectivity index (χ3v) is 2.61. The van der Waals surface area contributed by atoms with Gasteiger partial charge in [-0.2, -0.15) is 0 Å². The van der Waals surface area contributed by atoms with Crippen LogP contribution in [-0.4, -0.2) is 5.33 Å². The molecule has 0 nitrogen and oxygen atoms in total. The van der Waals surface area contributed by atoms with E-state index in [4.69, 9.17) is 0 Å². The summed E-state index contributed by atoms with van der Waals surface area (Å²) in [7, 11) is 0. The van der Waals surface area contributed by atoms with Gasteiger partial charge in [-0.1, -0.05) is 50.0 Å². The normalized spacial score (nSPS) is 15.3. The quantitative estimate of drug-likeness (QED) is 0.616. The molecule has 0 amide bonds. The van der Waals surface area contributed by atoms with Gasteiger partial charge in [0.2, 0.25) is 0 Å². The van der Waals surface area contributed by atoms with Crippen LogP contribution in [0.3, 0.4) is 0 Å². The van der Waals surface area contributed by atoms with Crippen LogP contribution in [0, 0.1) is 11.3 Å². The maximum absolute atomic E-state index is 3.53. The average Bonchev–Trinajstić information content (AvgIpc) is 1.81. The number of halogens is 1. The highest BCUT2D eigenvalue weighted by atomic mass is 79.9. The van der Waals surface area contributed by atoms with Crippen molar-refractivity contribution < 1.29 is 0 Å². The van der Waals surface area contributed by atoms with Gasteiger partial charge in [0.25, 0.3) is 0 Å². The SMILES string of the molecule is CCC(CBr)CC(C)(C)C. The Morgan fingerprint density at radius 3 is 1.90 bits per heavy atom. The Kier molecular flexibility index (Phi) is 4.59. The van der Waals surface area contributed by atoms with Crippen molar-refractivity contribution in [2.45, 2.75) is 40.5 Å². The van der Waals surface area contributed by atoms with Gasteiger partial charge in [0, 0.05) is 5.33 Å². The van der Waals surface area contributed by atoms with E-state index in [1.807, 2.05) is 0 Å². The molecule has 0 N–H and O–H groups in total. The zero-order chi connectivity index (χ0) is 8.20. The maximum atomic E-state index is 3.53. The van der Waals surface area contributed by atoms with E-state index in [0.717, 1.165) is 11.2 Å². The summed E-state index contributed by atoms with van der Waals surface area (Å²) >= 11 is 3.53. The highest BCUT2D eigenvalue weighted by Gasteiger charge is 2.15. The maximum Gasteiger partial charge on any atom is 0.00597 e. The molecule has 1 heteroatoms. The lowest BCUT2D eigenvalue weighted by Crippen LogP contribution is -2.13. The summed E-state index contributed by atoms with van der Waals surface area (Å²) in [4.78, 5) is 0. The summed E-state index contributed by atoms with van der Waals surface area (Å²) in [6.07, 6.45) is 2.62. The molecule has 62 valence electrons. The van der Waals surface area contributed by atoms with Crippen molar-refractivity contribution >= 4 is 15.9 Å². The Morgan fingerprint density at radius 1 is 1.30 bits per heavy atom. The standard InChI is InChI=1S/C9H19Br/c1-5-8(7-10)6-9(2,3)4/h8H,5-7H2,1-4H3. The van der Waals surface area contributed by atoms with Crippen molar-refractivity contribution in [1.82, 2.24) is 0 Å². The van der Waals surface area contributed by atoms with Gasteiger partial charge in [0.15, 0.2) is 0 Å². The summed E-state index contributed by atoms with van der Waals surface area (Å²) in [5.74, 6) is 0.861. The van der Waals surface area contributed by atoms with E-state index >= 15 is 0 Å². The second-order valence-corrected chi connectivity index (χ2v) is 4.84. The largest absolute Gasteiger partial charge is 0.0925 e. The Labute approximate surface area is 73.5 Å². The van der Waals surface area contributed by atoms with Crippen molar-refractivity contribution in [1.29, 1.82) is 0 Å². The smallest absolute Gasteiger partial charge is 0.00597 e. The van der Waals surface area contributed by atoms with Crippen LogP contribution in [0.5, 0.6) is 0 Å². The van der Waals surface area contributed by atoms with Gasteiger partial charge in [-0.25, -0.2) is 0 Å². The highest BCUT2D eigenvalue weighted by molar-refractivity contribution is 9.09. The molecule has 10 heavy (non-hydrogen) atoms. The van der Waals surface area contributed by atoms with E-state index in [1.165, 1.54) is 12.8 Å². The molecule has 0 bridgehead atoms. The van der Waals surface area contributed by atoms with Crippen molar-refractivity contribution in [2.75, 3.05) is 5.33 Å². The van der Waals surface area contributed by atoms with E-state index in [0.29, 0.717) is 5.41 Å². The molecule has 0 rings (SSSR count). The third kappa shape index (κ3) is 5.28. The molecule has 0 aliphatic rings. The molecule has 0 aromatic heterocycles. The van der Waals surface area contributed by atoms with Crippen molar-refractivity contribution in [3.8, 4) is 0 Å². The van der Waals surface area contributed by atoms with Crippen LogP contribution in [0.4, 0.5) is 0 Å². The lowest BCUT2D eigenvalue weighted by molar-refractivity contribution is 0.306. The molecule has 1 atom stereocenters. The summed E-state index contributed by atoms with van der Waals surface area (Å²) in [5.41, 5.74) is 0.494. The molecule has 1 unspecified atom stereocenters. The summed E-state index contributed by atoms with van der Waals surface area (Å²) in [6.45, 7) is 9.17. The predicted molar refractivity (Wildman–Crippen MR) is 51.6 cm³/mol.